The number of rotatable bonds is 4. The molecule has 0 spiro atoms. The van der Waals surface area contributed by atoms with E-state index in [4.69, 9.17) is 4.74 Å². The van der Waals surface area contributed by atoms with Gasteiger partial charge in [-0.2, -0.15) is 4.99 Å². The van der Waals surface area contributed by atoms with Crippen LogP contribution >= 0.6 is 0 Å². The topological polar surface area (TPSA) is 71.0 Å². The Kier molecular flexibility index (Phi) is 6.15. The Bertz CT molecular complexity index is 658. The Morgan fingerprint density at radius 3 is 2.68 bits per heavy atom. The molecular formula is C18H24FN3O3. The smallest absolute Gasteiger partial charge is 0.410 e. The molecule has 2 rings (SSSR count). The van der Waals surface area contributed by atoms with Gasteiger partial charge in [0.1, 0.15) is 17.1 Å². The fourth-order valence-corrected chi connectivity index (χ4v) is 2.72. The van der Waals surface area contributed by atoms with Gasteiger partial charge in [-0.25, -0.2) is 14.0 Å². The first kappa shape index (κ1) is 18.9. The van der Waals surface area contributed by atoms with Crippen LogP contribution < -0.4 is 5.32 Å². The number of carbonyl (C=O) groups is 1. The van der Waals surface area contributed by atoms with E-state index in [1.54, 1.807) is 11.0 Å². The second kappa shape index (κ2) is 8.12. The molecule has 0 bridgehead atoms. The second-order valence-corrected chi connectivity index (χ2v) is 7.13. The standard InChI is InChI=1S/C18H24FN3O3/c1-18(2,3)25-17(24)22-9-7-13(8-10-22)11-20-16-14(19)5-4-6-15(16)21-12-23/h4-6,13,20H,7-11H2,1-3H3. The first-order valence-corrected chi connectivity index (χ1v) is 8.38. The number of nitrogens with zero attached hydrogens (tertiary/aromatic N) is 2. The number of aliphatic imine (C=N–C) groups is 1. The van der Waals surface area contributed by atoms with Crippen molar-refractivity contribution in [2.24, 2.45) is 10.9 Å². The van der Waals surface area contributed by atoms with Crippen molar-refractivity contribution in [1.82, 2.24) is 4.90 Å². The number of isocyanates is 1. The van der Waals surface area contributed by atoms with Gasteiger partial charge in [-0.3, -0.25) is 0 Å². The molecule has 1 aromatic carbocycles. The number of benzene rings is 1. The summed E-state index contributed by atoms with van der Waals surface area (Å²) in [4.78, 5) is 27.7. The fraction of sp³-hybridized carbons (Fsp3) is 0.556. The van der Waals surface area contributed by atoms with Gasteiger partial charge in [-0.1, -0.05) is 6.07 Å². The summed E-state index contributed by atoms with van der Waals surface area (Å²) in [5, 5.41) is 3.04. The van der Waals surface area contributed by atoms with Crippen molar-refractivity contribution < 1.29 is 18.7 Å². The van der Waals surface area contributed by atoms with Crippen LogP contribution in [0.4, 0.5) is 20.6 Å². The minimum absolute atomic E-state index is 0.209. The summed E-state index contributed by atoms with van der Waals surface area (Å²) >= 11 is 0. The number of carbonyl (C=O) groups excluding carboxylic acids is 2. The van der Waals surface area contributed by atoms with Gasteiger partial charge < -0.3 is 15.0 Å². The summed E-state index contributed by atoms with van der Waals surface area (Å²) in [5.41, 5.74) is -0.0582. The number of hydrogen-bond donors (Lipinski definition) is 1. The van der Waals surface area contributed by atoms with Gasteiger partial charge >= 0.3 is 6.09 Å². The molecule has 0 radical (unpaired) electrons. The van der Waals surface area contributed by atoms with Crippen LogP contribution in [-0.4, -0.2) is 42.3 Å². The van der Waals surface area contributed by atoms with E-state index in [1.165, 1.54) is 18.2 Å². The zero-order chi connectivity index (χ0) is 18.4. The zero-order valence-electron chi connectivity index (χ0n) is 14.8. The summed E-state index contributed by atoms with van der Waals surface area (Å²) in [6, 6.07) is 4.37. The molecule has 1 aliphatic rings. The van der Waals surface area contributed by atoms with Crippen molar-refractivity contribution in [2.45, 2.75) is 39.2 Å². The third kappa shape index (κ3) is 5.57. The lowest BCUT2D eigenvalue weighted by molar-refractivity contribution is 0.0188. The fourth-order valence-electron chi connectivity index (χ4n) is 2.72. The van der Waals surface area contributed by atoms with Crippen LogP contribution in [0.3, 0.4) is 0 Å². The van der Waals surface area contributed by atoms with Crippen LogP contribution in [0.2, 0.25) is 0 Å². The summed E-state index contributed by atoms with van der Waals surface area (Å²) < 4.78 is 19.3. The Balaban J connectivity index is 1.87. The number of amides is 1. The molecule has 6 nitrogen and oxygen atoms in total. The number of halogens is 1. The molecular weight excluding hydrogens is 325 g/mol. The van der Waals surface area contributed by atoms with Crippen LogP contribution in [0, 0.1) is 11.7 Å². The van der Waals surface area contributed by atoms with Crippen LogP contribution in [0.1, 0.15) is 33.6 Å². The predicted octanol–water partition coefficient (Wildman–Crippen LogP) is 3.85. The molecule has 7 heteroatoms. The quantitative estimate of drug-likeness (QED) is 0.662. The Morgan fingerprint density at radius 1 is 1.40 bits per heavy atom. The highest BCUT2D eigenvalue weighted by atomic mass is 19.1. The van der Waals surface area contributed by atoms with E-state index in [2.05, 4.69) is 10.3 Å². The number of hydrogen-bond acceptors (Lipinski definition) is 5. The number of para-hydroxylation sites is 1. The summed E-state index contributed by atoms with van der Waals surface area (Å²) in [7, 11) is 0. The van der Waals surface area contributed by atoms with Crippen molar-refractivity contribution in [2.75, 3.05) is 25.0 Å². The Hall–Kier alpha value is -2.40. The molecule has 0 saturated carbocycles. The highest BCUT2D eigenvalue weighted by Crippen LogP contribution is 2.28. The maximum absolute atomic E-state index is 13.9. The van der Waals surface area contributed by atoms with Gasteiger partial charge in [0.25, 0.3) is 0 Å². The maximum Gasteiger partial charge on any atom is 0.410 e. The first-order chi connectivity index (χ1) is 11.8. The first-order valence-electron chi connectivity index (χ1n) is 8.38. The van der Waals surface area contributed by atoms with E-state index in [-0.39, 0.29) is 17.5 Å². The molecule has 0 unspecified atom stereocenters. The van der Waals surface area contributed by atoms with Crippen molar-refractivity contribution in [1.29, 1.82) is 0 Å². The maximum atomic E-state index is 13.9. The molecule has 1 heterocycles. The monoisotopic (exact) mass is 349 g/mol. The van der Waals surface area contributed by atoms with E-state index in [1.807, 2.05) is 20.8 Å². The SMILES string of the molecule is CC(C)(C)OC(=O)N1CCC(CNc2c(F)cccc2N=C=O)CC1. The number of nitrogens with one attached hydrogen (secondary N) is 1. The van der Waals surface area contributed by atoms with E-state index in [0.717, 1.165) is 12.8 Å². The molecule has 25 heavy (non-hydrogen) atoms. The van der Waals surface area contributed by atoms with Gasteiger partial charge in [-0.05, 0) is 51.7 Å². The van der Waals surface area contributed by atoms with Gasteiger partial charge in [0, 0.05) is 19.6 Å². The number of piperidine rings is 1. The largest absolute Gasteiger partial charge is 0.444 e. The third-order valence-electron chi connectivity index (χ3n) is 3.99. The van der Waals surface area contributed by atoms with E-state index in [9.17, 15) is 14.0 Å². The summed E-state index contributed by atoms with van der Waals surface area (Å²) in [6.07, 6.45) is 2.74. The number of ether oxygens (including phenoxy) is 1. The lowest BCUT2D eigenvalue weighted by atomic mass is 9.97. The highest BCUT2D eigenvalue weighted by molar-refractivity contribution is 5.69. The lowest BCUT2D eigenvalue weighted by Gasteiger charge is -2.33. The van der Waals surface area contributed by atoms with Crippen LogP contribution in [0.15, 0.2) is 23.2 Å². The Morgan fingerprint density at radius 2 is 2.08 bits per heavy atom. The molecule has 0 aliphatic carbocycles. The number of anilines is 1. The predicted molar refractivity (Wildman–Crippen MR) is 93.2 cm³/mol. The molecule has 1 aromatic rings. The summed E-state index contributed by atoms with van der Waals surface area (Å²) in [5.74, 6) is -0.158. The minimum atomic E-state index is -0.504. The van der Waals surface area contributed by atoms with Gasteiger partial charge in [0.05, 0.1) is 5.69 Å². The van der Waals surface area contributed by atoms with Gasteiger partial charge in [0.2, 0.25) is 6.08 Å². The zero-order valence-corrected chi connectivity index (χ0v) is 14.8. The summed E-state index contributed by atoms with van der Waals surface area (Å²) in [6.45, 7) is 7.29. The van der Waals surface area contributed by atoms with Crippen LogP contribution in [0.25, 0.3) is 0 Å². The van der Waals surface area contributed by atoms with Crippen LogP contribution in [-0.2, 0) is 9.53 Å². The molecule has 1 aliphatic heterocycles. The molecule has 1 N–H and O–H groups in total. The van der Waals surface area contributed by atoms with Crippen molar-refractivity contribution in [3.8, 4) is 0 Å². The lowest BCUT2D eigenvalue weighted by Crippen LogP contribution is -2.42. The van der Waals surface area contributed by atoms with Crippen molar-refractivity contribution in [3.63, 3.8) is 0 Å². The van der Waals surface area contributed by atoms with E-state index in [0.29, 0.717) is 25.6 Å². The Labute approximate surface area is 147 Å². The van der Waals surface area contributed by atoms with Gasteiger partial charge in [0.15, 0.2) is 0 Å². The van der Waals surface area contributed by atoms with Crippen LogP contribution in [0.5, 0.6) is 0 Å². The van der Waals surface area contributed by atoms with E-state index >= 15 is 0 Å². The average Bonchev–Trinajstić information content (AvgIpc) is 2.53. The normalized spacial score (nSPS) is 15.4. The van der Waals surface area contributed by atoms with Crippen molar-refractivity contribution in [3.05, 3.63) is 24.0 Å². The average molecular weight is 349 g/mol. The molecule has 1 fully saturated rings. The molecule has 1 amide bonds. The molecule has 0 atom stereocenters. The molecule has 136 valence electrons. The molecule has 0 aromatic heterocycles. The van der Waals surface area contributed by atoms with E-state index < -0.39 is 11.4 Å². The second-order valence-electron chi connectivity index (χ2n) is 7.13. The van der Waals surface area contributed by atoms with Gasteiger partial charge in [-0.15, -0.1) is 0 Å². The third-order valence-corrected chi connectivity index (χ3v) is 3.99. The minimum Gasteiger partial charge on any atom is -0.444 e. The highest BCUT2D eigenvalue weighted by Gasteiger charge is 2.27. The van der Waals surface area contributed by atoms with Crippen molar-refractivity contribution >= 4 is 23.5 Å². The molecule has 1 saturated heterocycles. The number of likely N-dealkylation sites (tertiary alicyclic amines) is 1.